The van der Waals surface area contributed by atoms with E-state index in [2.05, 4.69) is 13.5 Å². The third-order valence-corrected chi connectivity index (χ3v) is 2.12. The highest BCUT2D eigenvalue weighted by Crippen LogP contribution is 2.15. The molecule has 0 bridgehead atoms. The van der Waals surface area contributed by atoms with Crippen molar-refractivity contribution in [1.82, 2.24) is 5.06 Å². The molecule has 64 valence electrons. The molecule has 1 fully saturated rings. The molecular weight excluding hydrogens is 138 g/mol. The Kier molecular flexibility index (Phi) is 3.60. The highest BCUT2D eigenvalue weighted by atomic mass is 16.7. The molecule has 0 spiro atoms. The molecule has 0 N–H and O–H groups in total. The summed E-state index contributed by atoms with van der Waals surface area (Å²) in [6.45, 7) is 8.71. The zero-order valence-electron chi connectivity index (χ0n) is 7.25. The summed E-state index contributed by atoms with van der Waals surface area (Å²) in [6.07, 6.45) is 4.31. The van der Waals surface area contributed by atoms with Crippen LogP contribution >= 0.6 is 0 Å². The lowest BCUT2D eigenvalue weighted by Crippen LogP contribution is -2.32. The molecule has 0 aromatic carbocycles. The van der Waals surface area contributed by atoms with Crippen LogP contribution in [0.2, 0.25) is 0 Å². The number of hydrogen-bond acceptors (Lipinski definition) is 2. The van der Waals surface area contributed by atoms with Gasteiger partial charge in [0.25, 0.3) is 0 Å². The topological polar surface area (TPSA) is 12.5 Å². The molecule has 2 nitrogen and oxygen atoms in total. The Morgan fingerprint density at radius 3 is 2.73 bits per heavy atom. The smallest absolute Gasteiger partial charge is 0.0864 e. The molecule has 1 heterocycles. The molecule has 1 saturated heterocycles. The summed E-state index contributed by atoms with van der Waals surface area (Å²) in [7, 11) is 0. The second kappa shape index (κ2) is 4.52. The average molecular weight is 155 g/mol. The van der Waals surface area contributed by atoms with E-state index < -0.39 is 0 Å². The third kappa shape index (κ3) is 3.04. The Balaban J connectivity index is 2.12. The number of hydrogen-bond donors (Lipinski definition) is 0. The number of rotatable bonds is 3. The maximum atomic E-state index is 5.40. The quantitative estimate of drug-likeness (QED) is 0.576. The maximum Gasteiger partial charge on any atom is 0.0864 e. The first-order valence-corrected chi connectivity index (χ1v) is 4.31. The fourth-order valence-electron chi connectivity index (χ4n) is 1.27. The van der Waals surface area contributed by atoms with Crippen LogP contribution in [-0.4, -0.2) is 24.8 Å². The molecule has 0 unspecified atom stereocenters. The first-order valence-electron chi connectivity index (χ1n) is 4.31. The molecule has 0 atom stereocenters. The summed E-state index contributed by atoms with van der Waals surface area (Å²) >= 11 is 0. The fourth-order valence-corrected chi connectivity index (χ4v) is 1.27. The molecule has 0 amide bonds. The van der Waals surface area contributed by atoms with Crippen LogP contribution in [0.15, 0.2) is 12.7 Å². The van der Waals surface area contributed by atoms with Gasteiger partial charge in [-0.25, -0.2) is 0 Å². The Morgan fingerprint density at radius 2 is 2.18 bits per heavy atom. The standard InChI is InChI=1S/C9H17NO/c1-3-8-11-10-6-4-9(2)5-7-10/h3,9H,1,4-8H2,2H3. The van der Waals surface area contributed by atoms with Crippen LogP contribution in [0.3, 0.4) is 0 Å². The second-order valence-corrected chi connectivity index (χ2v) is 3.20. The summed E-state index contributed by atoms with van der Waals surface area (Å²) in [6, 6.07) is 0. The molecule has 0 aromatic heterocycles. The number of piperidine rings is 1. The van der Waals surface area contributed by atoms with E-state index >= 15 is 0 Å². The highest BCUT2D eigenvalue weighted by Gasteiger charge is 2.14. The van der Waals surface area contributed by atoms with Gasteiger partial charge in [0.15, 0.2) is 0 Å². The summed E-state index contributed by atoms with van der Waals surface area (Å²) in [4.78, 5) is 5.40. The van der Waals surface area contributed by atoms with Crippen LogP contribution in [0, 0.1) is 5.92 Å². The van der Waals surface area contributed by atoms with Crippen molar-refractivity contribution in [2.75, 3.05) is 19.7 Å². The van der Waals surface area contributed by atoms with Gasteiger partial charge in [-0.05, 0) is 18.8 Å². The summed E-state index contributed by atoms with van der Waals surface area (Å²) in [5.74, 6) is 0.874. The van der Waals surface area contributed by atoms with Crippen molar-refractivity contribution < 1.29 is 4.84 Å². The van der Waals surface area contributed by atoms with Crippen LogP contribution in [0.5, 0.6) is 0 Å². The van der Waals surface area contributed by atoms with Gasteiger partial charge in [0.05, 0.1) is 6.61 Å². The lowest BCUT2D eigenvalue weighted by molar-refractivity contribution is -0.162. The van der Waals surface area contributed by atoms with E-state index in [9.17, 15) is 0 Å². The van der Waals surface area contributed by atoms with Gasteiger partial charge < -0.3 is 0 Å². The van der Waals surface area contributed by atoms with Gasteiger partial charge >= 0.3 is 0 Å². The van der Waals surface area contributed by atoms with Crippen LogP contribution in [-0.2, 0) is 4.84 Å². The van der Waals surface area contributed by atoms with E-state index in [1.165, 1.54) is 12.8 Å². The van der Waals surface area contributed by atoms with Gasteiger partial charge in [0, 0.05) is 13.1 Å². The molecule has 1 aliphatic rings. The second-order valence-electron chi connectivity index (χ2n) is 3.20. The van der Waals surface area contributed by atoms with Crippen molar-refractivity contribution >= 4 is 0 Å². The van der Waals surface area contributed by atoms with Crippen molar-refractivity contribution in [1.29, 1.82) is 0 Å². The van der Waals surface area contributed by atoms with Crippen molar-refractivity contribution in [2.24, 2.45) is 5.92 Å². The van der Waals surface area contributed by atoms with E-state index in [0.29, 0.717) is 6.61 Å². The number of hydroxylamine groups is 2. The van der Waals surface area contributed by atoms with E-state index in [-0.39, 0.29) is 0 Å². The first kappa shape index (κ1) is 8.75. The SMILES string of the molecule is C=CCON1CCC(C)CC1. The minimum absolute atomic E-state index is 0.647. The lowest BCUT2D eigenvalue weighted by atomic mass is 10.0. The third-order valence-electron chi connectivity index (χ3n) is 2.12. The minimum Gasteiger partial charge on any atom is -0.295 e. The molecule has 0 aromatic rings. The summed E-state index contributed by atoms with van der Waals surface area (Å²) in [5.41, 5.74) is 0. The maximum absolute atomic E-state index is 5.40. The van der Waals surface area contributed by atoms with Crippen LogP contribution in [0.4, 0.5) is 0 Å². The van der Waals surface area contributed by atoms with Gasteiger partial charge in [-0.1, -0.05) is 13.0 Å². The monoisotopic (exact) mass is 155 g/mol. The van der Waals surface area contributed by atoms with Crippen molar-refractivity contribution in [3.8, 4) is 0 Å². The minimum atomic E-state index is 0.647. The van der Waals surface area contributed by atoms with Crippen molar-refractivity contribution in [3.63, 3.8) is 0 Å². The van der Waals surface area contributed by atoms with E-state index in [4.69, 9.17) is 4.84 Å². The highest BCUT2D eigenvalue weighted by molar-refractivity contribution is 4.66. The summed E-state index contributed by atoms with van der Waals surface area (Å²) < 4.78 is 0. The Morgan fingerprint density at radius 1 is 1.55 bits per heavy atom. The first-order chi connectivity index (χ1) is 5.33. The Bertz CT molecular complexity index is 117. The lowest BCUT2D eigenvalue weighted by Gasteiger charge is -2.28. The van der Waals surface area contributed by atoms with E-state index in [1.807, 2.05) is 5.06 Å². The van der Waals surface area contributed by atoms with Gasteiger partial charge in [0.2, 0.25) is 0 Å². The molecule has 1 rings (SSSR count). The molecule has 0 saturated carbocycles. The largest absolute Gasteiger partial charge is 0.295 e. The van der Waals surface area contributed by atoms with Crippen LogP contribution in [0.25, 0.3) is 0 Å². The number of nitrogens with zero attached hydrogens (tertiary/aromatic N) is 1. The summed E-state index contributed by atoms with van der Waals surface area (Å²) in [5, 5.41) is 2.04. The molecule has 2 heteroatoms. The molecular formula is C9H17NO. The molecule has 1 aliphatic heterocycles. The fraction of sp³-hybridized carbons (Fsp3) is 0.778. The van der Waals surface area contributed by atoms with Crippen molar-refractivity contribution in [2.45, 2.75) is 19.8 Å². The van der Waals surface area contributed by atoms with Gasteiger partial charge in [-0.15, -0.1) is 6.58 Å². The zero-order chi connectivity index (χ0) is 8.10. The van der Waals surface area contributed by atoms with E-state index in [1.54, 1.807) is 6.08 Å². The van der Waals surface area contributed by atoms with Crippen molar-refractivity contribution in [3.05, 3.63) is 12.7 Å². The predicted octanol–water partition coefficient (Wildman–Crippen LogP) is 1.84. The normalized spacial score (nSPS) is 21.9. The molecule has 0 aliphatic carbocycles. The Hall–Kier alpha value is -0.340. The predicted molar refractivity (Wildman–Crippen MR) is 46.1 cm³/mol. The molecule has 0 radical (unpaired) electrons. The average Bonchev–Trinajstić information content (AvgIpc) is 2.04. The molecule has 11 heavy (non-hydrogen) atoms. The van der Waals surface area contributed by atoms with Gasteiger partial charge in [-0.3, -0.25) is 4.84 Å². The van der Waals surface area contributed by atoms with E-state index in [0.717, 1.165) is 19.0 Å². The Labute approximate surface area is 68.8 Å². The van der Waals surface area contributed by atoms with Crippen LogP contribution < -0.4 is 0 Å². The van der Waals surface area contributed by atoms with Gasteiger partial charge in [-0.2, -0.15) is 5.06 Å². The zero-order valence-corrected chi connectivity index (χ0v) is 7.25. The van der Waals surface area contributed by atoms with Gasteiger partial charge in [0.1, 0.15) is 0 Å². The van der Waals surface area contributed by atoms with Crippen LogP contribution in [0.1, 0.15) is 19.8 Å².